The lowest BCUT2D eigenvalue weighted by atomic mass is 9.82. The van der Waals surface area contributed by atoms with Gasteiger partial charge in [0.15, 0.2) is 0 Å². The Morgan fingerprint density at radius 2 is 2.12 bits per heavy atom. The molecule has 0 spiro atoms. The van der Waals surface area contributed by atoms with Crippen molar-refractivity contribution < 1.29 is 4.79 Å². The van der Waals surface area contributed by atoms with Gasteiger partial charge < -0.3 is 10.1 Å². The van der Waals surface area contributed by atoms with Gasteiger partial charge in [-0.1, -0.05) is 31.5 Å². The lowest BCUT2D eigenvalue weighted by Crippen LogP contribution is -2.20. The Morgan fingerprint density at radius 3 is 2.62 bits per heavy atom. The van der Waals surface area contributed by atoms with Crippen LogP contribution >= 0.6 is 0 Å². The van der Waals surface area contributed by atoms with Gasteiger partial charge in [-0.3, -0.25) is 0 Å². The smallest absolute Gasteiger partial charge is 0.126 e. The Bertz CT molecular complexity index is 373. The van der Waals surface area contributed by atoms with Gasteiger partial charge in [0.05, 0.1) is 0 Å². The molecule has 88 valence electrons. The highest BCUT2D eigenvalue weighted by atomic mass is 16.1. The lowest BCUT2D eigenvalue weighted by Gasteiger charge is -2.22. The van der Waals surface area contributed by atoms with E-state index in [1.165, 1.54) is 11.1 Å². The van der Waals surface area contributed by atoms with Gasteiger partial charge in [0.2, 0.25) is 0 Å². The zero-order valence-corrected chi connectivity index (χ0v) is 10.6. The monoisotopic (exact) mass is 219 g/mol. The Hall–Kier alpha value is -1.31. The Morgan fingerprint density at radius 1 is 1.44 bits per heavy atom. The second kappa shape index (κ2) is 5.15. The van der Waals surface area contributed by atoms with Crippen LogP contribution in [0.2, 0.25) is 0 Å². The minimum Gasteiger partial charge on any atom is -0.388 e. The number of rotatable bonds is 5. The topological polar surface area (TPSA) is 29.1 Å². The zero-order chi connectivity index (χ0) is 12.2. The second-order valence-corrected chi connectivity index (χ2v) is 4.71. The first kappa shape index (κ1) is 12.8. The van der Waals surface area contributed by atoms with Crippen molar-refractivity contribution >= 4 is 12.0 Å². The van der Waals surface area contributed by atoms with E-state index in [1.807, 2.05) is 14.0 Å². The van der Waals surface area contributed by atoms with E-state index in [2.05, 4.69) is 37.4 Å². The molecule has 0 fully saturated rings. The average molecular weight is 219 g/mol. The van der Waals surface area contributed by atoms with E-state index in [-0.39, 0.29) is 5.41 Å². The van der Waals surface area contributed by atoms with Crippen LogP contribution < -0.4 is 5.32 Å². The molecule has 2 nitrogen and oxygen atoms in total. The van der Waals surface area contributed by atoms with E-state index in [4.69, 9.17) is 0 Å². The predicted molar refractivity (Wildman–Crippen MR) is 68.9 cm³/mol. The summed E-state index contributed by atoms with van der Waals surface area (Å²) in [6.07, 6.45) is 2.74. The lowest BCUT2D eigenvalue weighted by molar-refractivity contribution is -0.115. The first-order chi connectivity index (χ1) is 7.54. The average Bonchev–Trinajstić information content (AvgIpc) is 2.29. The van der Waals surface area contributed by atoms with Crippen molar-refractivity contribution in [3.63, 3.8) is 0 Å². The Labute approximate surface area is 98.1 Å². The van der Waals surface area contributed by atoms with Gasteiger partial charge >= 0.3 is 0 Å². The molecule has 0 amide bonds. The van der Waals surface area contributed by atoms with Crippen molar-refractivity contribution in [1.29, 1.82) is 0 Å². The van der Waals surface area contributed by atoms with E-state index in [0.29, 0.717) is 0 Å². The minimum absolute atomic E-state index is 0.251. The third-order valence-electron chi connectivity index (χ3n) is 3.22. The van der Waals surface area contributed by atoms with Crippen molar-refractivity contribution in [3.8, 4) is 0 Å². The summed E-state index contributed by atoms with van der Waals surface area (Å²) >= 11 is 0. The maximum Gasteiger partial charge on any atom is 0.126 e. The number of aryl methyl sites for hydroxylation is 1. The van der Waals surface area contributed by atoms with Gasteiger partial charge in [-0.05, 0) is 31.4 Å². The molecule has 0 bridgehead atoms. The van der Waals surface area contributed by atoms with E-state index < -0.39 is 0 Å². The normalized spacial score (nSPS) is 14.2. The van der Waals surface area contributed by atoms with Crippen LogP contribution in [0.15, 0.2) is 18.2 Å². The summed E-state index contributed by atoms with van der Waals surface area (Å²) in [6.45, 7) is 6.15. The molecule has 0 saturated heterocycles. The maximum absolute atomic E-state index is 11.1. The van der Waals surface area contributed by atoms with Gasteiger partial charge in [-0.2, -0.15) is 0 Å². The van der Waals surface area contributed by atoms with Gasteiger partial charge in [-0.25, -0.2) is 0 Å². The fourth-order valence-electron chi connectivity index (χ4n) is 1.80. The van der Waals surface area contributed by atoms with Crippen molar-refractivity contribution in [2.24, 2.45) is 5.41 Å². The van der Waals surface area contributed by atoms with Crippen LogP contribution in [0.4, 0.5) is 5.69 Å². The minimum atomic E-state index is -0.251. The molecule has 0 radical (unpaired) electrons. The van der Waals surface area contributed by atoms with E-state index in [9.17, 15) is 4.79 Å². The highest BCUT2D eigenvalue weighted by Crippen LogP contribution is 2.28. The Kier molecular flexibility index (Phi) is 4.11. The van der Waals surface area contributed by atoms with E-state index >= 15 is 0 Å². The maximum atomic E-state index is 11.1. The molecule has 1 aromatic carbocycles. The fraction of sp³-hybridized carbons (Fsp3) is 0.500. The fourth-order valence-corrected chi connectivity index (χ4v) is 1.80. The van der Waals surface area contributed by atoms with Crippen LogP contribution in [-0.2, 0) is 11.2 Å². The quantitative estimate of drug-likeness (QED) is 0.770. The molecule has 0 aromatic heterocycles. The first-order valence-electron chi connectivity index (χ1n) is 5.78. The van der Waals surface area contributed by atoms with Crippen LogP contribution in [0.1, 0.15) is 31.4 Å². The molecule has 0 heterocycles. The molecule has 1 atom stereocenters. The number of hydrogen-bond donors (Lipinski definition) is 1. The summed E-state index contributed by atoms with van der Waals surface area (Å²) in [7, 11) is 1.92. The van der Waals surface area contributed by atoms with Crippen molar-refractivity contribution in [3.05, 3.63) is 29.3 Å². The molecule has 0 aliphatic rings. The number of nitrogens with one attached hydrogen (secondary N) is 1. The predicted octanol–water partition coefficient (Wildman–Crippen LogP) is 3.19. The highest BCUT2D eigenvalue weighted by molar-refractivity contribution is 5.62. The molecule has 0 saturated carbocycles. The first-order valence-corrected chi connectivity index (χ1v) is 5.78. The molecule has 16 heavy (non-hydrogen) atoms. The second-order valence-electron chi connectivity index (χ2n) is 4.71. The summed E-state index contributed by atoms with van der Waals surface area (Å²) < 4.78 is 0. The molecular formula is C14H21NO. The van der Waals surface area contributed by atoms with E-state index in [1.54, 1.807) is 0 Å². The zero-order valence-electron chi connectivity index (χ0n) is 10.6. The van der Waals surface area contributed by atoms with Crippen LogP contribution in [-0.4, -0.2) is 13.3 Å². The van der Waals surface area contributed by atoms with Gasteiger partial charge in [0, 0.05) is 18.2 Å². The summed E-state index contributed by atoms with van der Waals surface area (Å²) in [5.41, 5.74) is 3.32. The Balaban J connectivity index is 3.03. The molecule has 1 rings (SSSR count). The van der Waals surface area contributed by atoms with Crippen LogP contribution in [0, 0.1) is 12.3 Å². The van der Waals surface area contributed by atoms with Crippen molar-refractivity contribution in [2.45, 2.75) is 33.6 Å². The molecule has 1 N–H and O–H groups in total. The van der Waals surface area contributed by atoms with Crippen LogP contribution in [0.25, 0.3) is 0 Å². The summed E-state index contributed by atoms with van der Waals surface area (Å²) in [4.78, 5) is 11.1. The van der Waals surface area contributed by atoms with E-state index in [0.717, 1.165) is 24.8 Å². The molecule has 2 heteroatoms. The summed E-state index contributed by atoms with van der Waals surface area (Å²) in [6, 6.07) is 6.31. The number of carbonyl (C=O) groups excluding carboxylic acids is 1. The molecule has 0 aliphatic carbocycles. The molecule has 1 unspecified atom stereocenters. The highest BCUT2D eigenvalue weighted by Gasteiger charge is 2.22. The van der Waals surface area contributed by atoms with Gasteiger partial charge in [0.1, 0.15) is 6.29 Å². The summed E-state index contributed by atoms with van der Waals surface area (Å²) in [5, 5.41) is 3.18. The third kappa shape index (κ3) is 2.84. The molecular weight excluding hydrogens is 198 g/mol. The number of hydrogen-bond acceptors (Lipinski definition) is 2. The summed E-state index contributed by atoms with van der Waals surface area (Å²) in [5.74, 6) is 0. The number of carbonyl (C=O) groups is 1. The van der Waals surface area contributed by atoms with Crippen LogP contribution in [0.3, 0.4) is 0 Å². The van der Waals surface area contributed by atoms with Crippen molar-refractivity contribution in [1.82, 2.24) is 0 Å². The number of anilines is 1. The molecule has 1 aromatic rings. The van der Waals surface area contributed by atoms with Crippen LogP contribution in [0.5, 0.6) is 0 Å². The third-order valence-corrected chi connectivity index (χ3v) is 3.22. The largest absolute Gasteiger partial charge is 0.388 e. The van der Waals surface area contributed by atoms with Gasteiger partial charge in [-0.15, -0.1) is 0 Å². The number of benzene rings is 1. The number of aldehydes is 1. The SMILES string of the molecule is CCC(C)(C=O)Cc1cc(C)ccc1NC. The standard InChI is InChI=1S/C14H21NO/c1-5-14(3,10-16)9-12-8-11(2)6-7-13(12)15-4/h6-8,10,15H,5,9H2,1-4H3. The molecule has 0 aliphatic heterocycles. The van der Waals surface area contributed by atoms with Crippen molar-refractivity contribution in [2.75, 3.05) is 12.4 Å². The van der Waals surface area contributed by atoms with Gasteiger partial charge in [0.25, 0.3) is 0 Å².